The summed E-state index contributed by atoms with van der Waals surface area (Å²) in [5, 5.41) is 3.72. The highest BCUT2D eigenvalue weighted by atomic mass is 35.5. The van der Waals surface area contributed by atoms with Gasteiger partial charge in [0.2, 0.25) is 0 Å². The van der Waals surface area contributed by atoms with Gasteiger partial charge in [-0.25, -0.2) is 0 Å². The van der Waals surface area contributed by atoms with E-state index < -0.39 is 0 Å². The predicted molar refractivity (Wildman–Crippen MR) is 88.4 cm³/mol. The number of halogens is 1. The van der Waals surface area contributed by atoms with Crippen molar-refractivity contribution in [1.82, 2.24) is 5.32 Å². The number of hydrogen-bond acceptors (Lipinski definition) is 2. The lowest BCUT2D eigenvalue weighted by Gasteiger charge is -2.36. The van der Waals surface area contributed by atoms with Gasteiger partial charge in [-0.15, -0.1) is 11.6 Å². The monoisotopic (exact) mass is 307 g/mol. The van der Waals surface area contributed by atoms with Crippen molar-refractivity contribution in [3.8, 4) is 5.75 Å². The van der Waals surface area contributed by atoms with Gasteiger partial charge in [-0.3, -0.25) is 0 Å². The second-order valence-electron chi connectivity index (χ2n) is 6.70. The fraction of sp³-hybridized carbons (Fsp3) is 0.667. The molecule has 1 aliphatic carbocycles. The van der Waals surface area contributed by atoms with E-state index >= 15 is 0 Å². The van der Waals surface area contributed by atoms with Gasteiger partial charge >= 0.3 is 0 Å². The third-order valence-electron chi connectivity index (χ3n) is 5.17. The van der Waals surface area contributed by atoms with E-state index in [9.17, 15) is 0 Å². The van der Waals surface area contributed by atoms with Crippen molar-refractivity contribution in [2.45, 2.75) is 44.4 Å². The van der Waals surface area contributed by atoms with E-state index in [0.29, 0.717) is 11.3 Å². The van der Waals surface area contributed by atoms with Gasteiger partial charge in [-0.2, -0.15) is 0 Å². The van der Waals surface area contributed by atoms with E-state index in [-0.39, 0.29) is 0 Å². The van der Waals surface area contributed by atoms with Crippen molar-refractivity contribution in [1.29, 1.82) is 0 Å². The summed E-state index contributed by atoms with van der Waals surface area (Å²) in [7, 11) is 0. The molecule has 1 atom stereocenters. The lowest BCUT2D eigenvalue weighted by atomic mass is 9.75. The van der Waals surface area contributed by atoms with E-state index in [4.69, 9.17) is 16.3 Å². The minimum absolute atomic E-state index is 0.338. The van der Waals surface area contributed by atoms with Crippen LogP contribution in [0.4, 0.5) is 0 Å². The first-order valence-corrected chi connectivity index (χ1v) is 8.85. The molecule has 1 aromatic rings. The van der Waals surface area contributed by atoms with E-state index in [0.717, 1.165) is 37.7 Å². The Balaban J connectivity index is 1.56. The highest BCUT2D eigenvalue weighted by Gasteiger charge is 2.31. The molecule has 0 amide bonds. The maximum absolute atomic E-state index is 6.28. The van der Waals surface area contributed by atoms with Crippen LogP contribution in [0, 0.1) is 5.41 Å². The van der Waals surface area contributed by atoms with Gasteiger partial charge < -0.3 is 10.1 Å². The van der Waals surface area contributed by atoms with Crippen molar-refractivity contribution in [3.63, 3.8) is 0 Å². The molecule has 3 heteroatoms. The van der Waals surface area contributed by atoms with Gasteiger partial charge in [0, 0.05) is 24.9 Å². The molecule has 1 heterocycles. The number of ether oxygens (including phenoxy) is 1. The molecule has 1 fully saturated rings. The zero-order valence-corrected chi connectivity index (χ0v) is 13.5. The van der Waals surface area contributed by atoms with Crippen molar-refractivity contribution < 1.29 is 4.74 Å². The highest BCUT2D eigenvalue weighted by molar-refractivity contribution is 6.18. The Labute approximate surface area is 133 Å². The lowest BCUT2D eigenvalue weighted by Crippen LogP contribution is -2.39. The zero-order chi connectivity index (χ0) is 14.5. The zero-order valence-electron chi connectivity index (χ0n) is 12.7. The van der Waals surface area contributed by atoms with Crippen LogP contribution in [-0.2, 0) is 0 Å². The van der Waals surface area contributed by atoms with Gasteiger partial charge in [0.05, 0.1) is 6.61 Å². The smallest absolute Gasteiger partial charge is 0.122 e. The highest BCUT2D eigenvalue weighted by Crippen LogP contribution is 2.37. The van der Waals surface area contributed by atoms with Crippen LogP contribution in [0.25, 0.3) is 0 Å². The Bertz CT molecular complexity index is 456. The molecule has 1 saturated carbocycles. The van der Waals surface area contributed by atoms with E-state index in [2.05, 4.69) is 29.6 Å². The van der Waals surface area contributed by atoms with Crippen LogP contribution in [0.15, 0.2) is 24.3 Å². The van der Waals surface area contributed by atoms with Crippen molar-refractivity contribution >= 4 is 11.6 Å². The standard InChI is InChI=1S/C18H26ClNO/c19-13-18(9-4-1-5-10-18)14-20-12-15-8-11-21-17-7-3-2-6-16(15)17/h2-3,6-7,15,20H,1,4-5,8-14H2. The van der Waals surface area contributed by atoms with Crippen LogP contribution in [0.5, 0.6) is 5.75 Å². The molecule has 2 nitrogen and oxygen atoms in total. The molecule has 0 bridgehead atoms. The molecule has 1 unspecified atom stereocenters. The summed E-state index contributed by atoms with van der Waals surface area (Å²) in [6, 6.07) is 8.46. The first-order valence-electron chi connectivity index (χ1n) is 8.31. The van der Waals surface area contributed by atoms with Crippen LogP contribution in [0.3, 0.4) is 0 Å². The van der Waals surface area contributed by atoms with Gasteiger partial charge in [0.1, 0.15) is 5.75 Å². The quantitative estimate of drug-likeness (QED) is 0.817. The largest absolute Gasteiger partial charge is 0.493 e. The van der Waals surface area contributed by atoms with Crippen LogP contribution < -0.4 is 10.1 Å². The Kier molecular flexibility index (Phi) is 5.07. The Morgan fingerprint density at radius 3 is 2.81 bits per heavy atom. The molecular formula is C18H26ClNO. The van der Waals surface area contributed by atoms with E-state index in [1.165, 1.54) is 37.7 Å². The molecule has 1 N–H and O–H groups in total. The van der Waals surface area contributed by atoms with Gasteiger partial charge in [-0.1, -0.05) is 37.5 Å². The molecule has 1 aromatic carbocycles. The predicted octanol–water partition coefficient (Wildman–Crippen LogP) is 4.33. The molecule has 3 rings (SSSR count). The average molecular weight is 308 g/mol. The second kappa shape index (κ2) is 7.02. The van der Waals surface area contributed by atoms with Crippen LogP contribution in [0.1, 0.15) is 50.0 Å². The van der Waals surface area contributed by atoms with Crippen LogP contribution >= 0.6 is 11.6 Å². The lowest BCUT2D eigenvalue weighted by molar-refractivity contribution is 0.207. The van der Waals surface area contributed by atoms with Crippen molar-refractivity contribution in [3.05, 3.63) is 29.8 Å². The normalized spacial score (nSPS) is 24.1. The Morgan fingerprint density at radius 1 is 1.19 bits per heavy atom. The summed E-state index contributed by atoms with van der Waals surface area (Å²) < 4.78 is 5.74. The first-order chi connectivity index (χ1) is 10.3. The number of hydrogen-bond donors (Lipinski definition) is 1. The fourth-order valence-corrected chi connectivity index (χ4v) is 4.16. The topological polar surface area (TPSA) is 21.3 Å². The molecular weight excluding hydrogens is 282 g/mol. The Morgan fingerprint density at radius 2 is 2.00 bits per heavy atom. The van der Waals surface area contributed by atoms with Gasteiger partial charge in [0.15, 0.2) is 0 Å². The maximum Gasteiger partial charge on any atom is 0.122 e. The minimum atomic E-state index is 0.338. The summed E-state index contributed by atoms with van der Waals surface area (Å²) >= 11 is 6.28. The molecule has 2 aliphatic rings. The summed E-state index contributed by atoms with van der Waals surface area (Å²) in [6.07, 6.45) is 7.74. The third kappa shape index (κ3) is 3.54. The van der Waals surface area contributed by atoms with Gasteiger partial charge in [-0.05, 0) is 36.3 Å². The van der Waals surface area contributed by atoms with Crippen molar-refractivity contribution in [2.24, 2.45) is 5.41 Å². The summed E-state index contributed by atoms with van der Waals surface area (Å²) in [5.41, 5.74) is 1.70. The second-order valence-corrected chi connectivity index (χ2v) is 6.96. The molecule has 0 saturated heterocycles. The third-order valence-corrected chi connectivity index (χ3v) is 5.74. The number of benzene rings is 1. The van der Waals surface area contributed by atoms with Crippen LogP contribution in [-0.4, -0.2) is 25.6 Å². The molecule has 21 heavy (non-hydrogen) atoms. The van der Waals surface area contributed by atoms with Crippen molar-refractivity contribution in [2.75, 3.05) is 25.6 Å². The molecule has 0 spiro atoms. The Hall–Kier alpha value is -0.730. The number of alkyl halides is 1. The summed E-state index contributed by atoms with van der Waals surface area (Å²) in [5.74, 6) is 2.44. The summed E-state index contributed by atoms with van der Waals surface area (Å²) in [6.45, 7) is 2.94. The maximum atomic E-state index is 6.28. The van der Waals surface area contributed by atoms with Crippen LogP contribution in [0.2, 0.25) is 0 Å². The van der Waals surface area contributed by atoms with E-state index in [1.54, 1.807) is 0 Å². The van der Waals surface area contributed by atoms with Gasteiger partial charge in [0.25, 0.3) is 0 Å². The first kappa shape index (κ1) is 15.2. The SMILES string of the molecule is ClCC1(CNCC2CCOc3ccccc32)CCCCC1. The molecule has 116 valence electrons. The van der Waals surface area contributed by atoms with E-state index in [1.807, 2.05) is 0 Å². The summed E-state index contributed by atoms with van der Waals surface area (Å²) in [4.78, 5) is 0. The fourth-order valence-electron chi connectivity index (χ4n) is 3.80. The number of para-hydroxylation sites is 1. The average Bonchev–Trinajstić information content (AvgIpc) is 2.56. The minimum Gasteiger partial charge on any atom is -0.493 e. The number of nitrogens with one attached hydrogen (secondary N) is 1. The molecule has 0 radical (unpaired) electrons. The molecule has 0 aromatic heterocycles. The molecule has 1 aliphatic heterocycles. The number of rotatable bonds is 5. The number of fused-ring (bicyclic) bond motifs is 1.